The van der Waals surface area contributed by atoms with Gasteiger partial charge in [-0.1, -0.05) is 45.7 Å². The Morgan fingerprint density at radius 3 is 2.53 bits per heavy atom. The van der Waals surface area contributed by atoms with Crippen LogP contribution < -0.4 is 0 Å². The standard InChI is InChI=1S/C13H14Br2O2/c1-3-8(2)12(16)7-13(17)10-6-9(14)4-5-11(10)15/h4-6,8H,3,7H2,1-2H3. The molecular formula is C13H14Br2O2. The molecule has 92 valence electrons. The summed E-state index contributed by atoms with van der Waals surface area (Å²) < 4.78 is 1.56. The minimum absolute atomic E-state index is 0.00405. The second kappa shape index (κ2) is 6.45. The average Bonchev–Trinajstić information content (AvgIpc) is 2.30. The maximum atomic E-state index is 12.0. The van der Waals surface area contributed by atoms with E-state index in [9.17, 15) is 9.59 Å². The summed E-state index contributed by atoms with van der Waals surface area (Å²) >= 11 is 6.64. The topological polar surface area (TPSA) is 34.1 Å². The first kappa shape index (κ1) is 14.6. The molecule has 0 heterocycles. The van der Waals surface area contributed by atoms with Crippen molar-refractivity contribution >= 4 is 43.4 Å². The molecule has 1 unspecified atom stereocenters. The Morgan fingerprint density at radius 1 is 1.29 bits per heavy atom. The molecule has 1 rings (SSSR count). The first-order valence-electron chi connectivity index (χ1n) is 5.46. The van der Waals surface area contributed by atoms with E-state index in [0.717, 1.165) is 15.4 Å². The Bertz CT molecular complexity index is 441. The monoisotopic (exact) mass is 360 g/mol. The van der Waals surface area contributed by atoms with Gasteiger partial charge in [0.05, 0.1) is 6.42 Å². The van der Waals surface area contributed by atoms with E-state index < -0.39 is 0 Å². The Balaban J connectivity index is 2.83. The zero-order valence-electron chi connectivity index (χ0n) is 9.80. The summed E-state index contributed by atoms with van der Waals surface area (Å²) in [5.41, 5.74) is 0.552. The normalized spacial score (nSPS) is 12.2. The summed E-state index contributed by atoms with van der Waals surface area (Å²) in [5.74, 6) is -0.183. The minimum Gasteiger partial charge on any atom is -0.299 e. The van der Waals surface area contributed by atoms with Crippen molar-refractivity contribution in [2.45, 2.75) is 26.7 Å². The fraction of sp³-hybridized carbons (Fsp3) is 0.385. The number of Topliss-reactive ketones (excluding diaryl/α,β-unsaturated/α-hetero) is 2. The fourth-order valence-corrected chi connectivity index (χ4v) is 2.20. The summed E-state index contributed by atoms with van der Waals surface area (Å²) in [6.45, 7) is 3.80. The largest absolute Gasteiger partial charge is 0.299 e. The number of hydrogen-bond donors (Lipinski definition) is 0. The van der Waals surface area contributed by atoms with Gasteiger partial charge in [-0.25, -0.2) is 0 Å². The van der Waals surface area contributed by atoms with Crippen LogP contribution in [-0.4, -0.2) is 11.6 Å². The number of benzene rings is 1. The van der Waals surface area contributed by atoms with E-state index in [-0.39, 0.29) is 23.9 Å². The molecule has 4 heteroatoms. The van der Waals surface area contributed by atoms with Gasteiger partial charge in [0, 0.05) is 20.4 Å². The van der Waals surface area contributed by atoms with Crippen molar-refractivity contribution in [3.05, 3.63) is 32.7 Å². The first-order valence-corrected chi connectivity index (χ1v) is 7.05. The van der Waals surface area contributed by atoms with Crippen molar-refractivity contribution in [1.82, 2.24) is 0 Å². The van der Waals surface area contributed by atoms with Crippen LogP contribution in [0, 0.1) is 5.92 Å². The molecule has 1 aromatic rings. The molecule has 0 saturated heterocycles. The highest BCUT2D eigenvalue weighted by Crippen LogP contribution is 2.23. The molecule has 0 spiro atoms. The van der Waals surface area contributed by atoms with Gasteiger partial charge in [-0.2, -0.15) is 0 Å². The van der Waals surface area contributed by atoms with Crippen LogP contribution >= 0.6 is 31.9 Å². The van der Waals surface area contributed by atoms with Crippen LogP contribution in [0.5, 0.6) is 0 Å². The molecule has 2 nitrogen and oxygen atoms in total. The molecule has 1 atom stereocenters. The van der Waals surface area contributed by atoms with E-state index in [1.54, 1.807) is 12.1 Å². The van der Waals surface area contributed by atoms with Crippen LogP contribution in [0.15, 0.2) is 27.1 Å². The molecule has 0 bridgehead atoms. The summed E-state index contributed by atoms with van der Waals surface area (Å²) in [6.07, 6.45) is 0.746. The van der Waals surface area contributed by atoms with Crippen molar-refractivity contribution in [2.75, 3.05) is 0 Å². The van der Waals surface area contributed by atoms with E-state index in [1.807, 2.05) is 19.9 Å². The zero-order chi connectivity index (χ0) is 13.0. The summed E-state index contributed by atoms with van der Waals surface area (Å²) in [7, 11) is 0. The van der Waals surface area contributed by atoms with Gasteiger partial charge in [0.15, 0.2) is 5.78 Å². The summed E-state index contributed by atoms with van der Waals surface area (Å²) in [4.78, 5) is 23.7. The lowest BCUT2D eigenvalue weighted by Crippen LogP contribution is -2.15. The lowest BCUT2D eigenvalue weighted by molar-refractivity contribution is -0.121. The van der Waals surface area contributed by atoms with E-state index >= 15 is 0 Å². The number of carbonyl (C=O) groups excluding carboxylic acids is 2. The van der Waals surface area contributed by atoms with Crippen LogP contribution in [0.2, 0.25) is 0 Å². The molecule has 1 aromatic carbocycles. The van der Waals surface area contributed by atoms with Crippen LogP contribution in [0.25, 0.3) is 0 Å². The third-order valence-electron chi connectivity index (χ3n) is 2.73. The zero-order valence-corrected chi connectivity index (χ0v) is 13.0. The summed E-state index contributed by atoms with van der Waals surface area (Å²) in [5, 5.41) is 0. The average molecular weight is 362 g/mol. The SMILES string of the molecule is CCC(C)C(=O)CC(=O)c1cc(Br)ccc1Br. The number of halogens is 2. The van der Waals surface area contributed by atoms with Gasteiger partial charge in [-0.15, -0.1) is 0 Å². The third kappa shape index (κ3) is 4.03. The second-order valence-corrected chi connectivity index (χ2v) is 5.77. The van der Waals surface area contributed by atoms with Gasteiger partial charge in [0.25, 0.3) is 0 Å². The number of rotatable bonds is 5. The van der Waals surface area contributed by atoms with E-state index in [1.165, 1.54) is 0 Å². The van der Waals surface area contributed by atoms with Gasteiger partial charge in [-0.3, -0.25) is 9.59 Å². The van der Waals surface area contributed by atoms with Crippen molar-refractivity contribution in [1.29, 1.82) is 0 Å². The van der Waals surface area contributed by atoms with Gasteiger partial charge >= 0.3 is 0 Å². The highest BCUT2D eigenvalue weighted by molar-refractivity contribution is 9.11. The van der Waals surface area contributed by atoms with Crippen molar-refractivity contribution in [3.8, 4) is 0 Å². The fourth-order valence-electron chi connectivity index (χ4n) is 1.37. The van der Waals surface area contributed by atoms with Crippen molar-refractivity contribution < 1.29 is 9.59 Å². The molecule has 0 aliphatic carbocycles. The number of carbonyl (C=O) groups is 2. The molecule has 0 radical (unpaired) electrons. The predicted molar refractivity (Wildman–Crippen MR) is 75.3 cm³/mol. The Hall–Kier alpha value is -0.480. The smallest absolute Gasteiger partial charge is 0.171 e. The Labute approximate surface area is 118 Å². The molecule has 0 aliphatic rings. The van der Waals surface area contributed by atoms with Gasteiger partial charge in [0.1, 0.15) is 5.78 Å². The molecule has 0 aliphatic heterocycles. The van der Waals surface area contributed by atoms with Crippen LogP contribution in [0.4, 0.5) is 0 Å². The Morgan fingerprint density at radius 2 is 1.94 bits per heavy atom. The molecule has 0 saturated carbocycles. The minimum atomic E-state index is -0.136. The Kier molecular flexibility index (Phi) is 5.53. The maximum Gasteiger partial charge on any atom is 0.171 e. The molecule has 17 heavy (non-hydrogen) atoms. The molecule has 0 amide bonds. The summed E-state index contributed by atoms with van der Waals surface area (Å²) in [6, 6.07) is 5.37. The predicted octanol–water partition coefficient (Wildman–Crippen LogP) is 4.40. The van der Waals surface area contributed by atoms with E-state index in [0.29, 0.717) is 5.56 Å². The van der Waals surface area contributed by atoms with Crippen LogP contribution in [0.1, 0.15) is 37.0 Å². The second-order valence-electron chi connectivity index (χ2n) is 4.00. The number of ketones is 2. The van der Waals surface area contributed by atoms with Crippen molar-refractivity contribution in [2.24, 2.45) is 5.92 Å². The quantitative estimate of drug-likeness (QED) is 0.575. The molecule has 0 aromatic heterocycles. The van der Waals surface area contributed by atoms with Gasteiger partial charge < -0.3 is 0 Å². The molecule has 0 N–H and O–H groups in total. The molecular weight excluding hydrogens is 348 g/mol. The lowest BCUT2D eigenvalue weighted by atomic mass is 9.97. The van der Waals surface area contributed by atoms with Gasteiger partial charge in [0.2, 0.25) is 0 Å². The lowest BCUT2D eigenvalue weighted by Gasteiger charge is -2.08. The maximum absolute atomic E-state index is 12.0. The van der Waals surface area contributed by atoms with E-state index in [2.05, 4.69) is 31.9 Å². The van der Waals surface area contributed by atoms with Crippen molar-refractivity contribution in [3.63, 3.8) is 0 Å². The first-order chi connectivity index (χ1) is 7.95. The van der Waals surface area contributed by atoms with Crippen LogP contribution in [0.3, 0.4) is 0 Å². The van der Waals surface area contributed by atoms with Gasteiger partial charge in [-0.05, 0) is 24.6 Å². The highest BCUT2D eigenvalue weighted by Gasteiger charge is 2.18. The highest BCUT2D eigenvalue weighted by atomic mass is 79.9. The third-order valence-corrected chi connectivity index (χ3v) is 3.91. The molecule has 0 fully saturated rings. The number of hydrogen-bond acceptors (Lipinski definition) is 2. The van der Waals surface area contributed by atoms with Crippen LogP contribution in [-0.2, 0) is 4.79 Å². The van der Waals surface area contributed by atoms with E-state index in [4.69, 9.17) is 0 Å².